The molecule has 0 aliphatic heterocycles. The Bertz CT molecular complexity index is 3500. The summed E-state index contributed by atoms with van der Waals surface area (Å²) in [5, 5.41) is 9.66. The highest BCUT2D eigenvalue weighted by Crippen LogP contribution is 2.41. The van der Waals surface area contributed by atoms with Gasteiger partial charge in [0.05, 0.1) is 33.5 Å². The average Bonchev–Trinajstić information content (AvgIpc) is 3.80. The second-order valence-electron chi connectivity index (χ2n) is 15.0. The van der Waals surface area contributed by atoms with Crippen LogP contribution in [0, 0.1) is 0 Å². The van der Waals surface area contributed by atoms with E-state index >= 15 is 0 Å². The predicted octanol–water partition coefficient (Wildman–Crippen LogP) is 14.0. The molecule has 0 fully saturated rings. The first-order chi connectivity index (χ1) is 28.7. The van der Waals surface area contributed by atoms with Gasteiger partial charge in [-0.1, -0.05) is 152 Å². The van der Waals surface area contributed by atoms with Crippen LogP contribution in [-0.2, 0) is 0 Å². The number of hydrogen-bond acceptors (Lipinski definition) is 2. The zero-order valence-corrected chi connectivity index (χ0v) is 31.4. The fourth-order valence-corrected chi connectivity index (χ4v) is 8.99. The molecule has 0 aliphatic carbocycles. The van der Waals surface area contributed by atoms with Gasteiger partial charge in [-0.2, -0.15) is 0 Å². The number of aromatic nitrogens is 4. The molecule has 4 heteroatoms. The maximum atomic E-state index is 5.18. The molecule has 0 saturated carbocycles. The summed E-state index contributed by atoms with van der Waals surface area (Å²) in [5.41, 5.74) is 11.9. The van der Waals surface area contributed by atoms with Gasteiger partial charge in [-0.3, -0.25) is 0 Å². The quantitative estimate of drug-likeness (QED) is 0.176. The molecule has 0 aliphatic rings. The van der Waals surface area contributed by atoms with Gasteiger partial charge in [0.1, 0.15) is 0 Å². The van der Waals surface area contributed by atoms with Crippen molar-refractivity contribution in [2.75, 3.05) is 0 Å². The first-order valence-corrected chi connectivity index (χ1v) is 19.7. The van der Waals surface area contributed by atoms with Crippen molar-refractivity contribution in [2.24, 2.45) is 0 Å². The molecule has 0 saturated heterocycles. The van der Waals surface area contributed by atoms with Gasteiger partial charge in [-0.25, -0.2) is 9.97 Å². The Balaban J connectivity index is 1.07. The predicted molar refractivity (Wildman–Crippen MR) is 242 cm³/mol. The molecule has 0 radical (unpaired) electrons. The summed E-state index contributed by atoms with van der Waals surface area (Å²) in [5.74, 6) is 0.708. The summed E-state index contributed by atoms with van der Waals surface area (Å²) < 4.78 is 4.86. The monoisotopic (exact) mass is 738 g/mol. The molecule has 58 heavy (non-hydrogen) atoms. The van der Waals surface area contributed by atoms with E-state index in [1.165, 1.54) is 54.4 Å². The zero-order valence-electron chi connectivity index (χ0n) is 31.4. The molecule has 0 atom stereocenters. The molecular formula is C54H34N4. The third-order valence-electron chi connectivity index (χ3n) is 11.7. The molecule has 12 aromatic rings. The molecule has 270 valence electrons. The van der Waals surface area contributed by atoms with Crippen molar-refractivity contribution in [1.82, 2.24) is 19.1 Å². The Labute approximate surface area is 334 Å². The van der Waals surface area contributed by atoms with Crippen LogP contribution >= 0.6 is 0 Å². The summed E-state index contributed by atoms with van der Waals surface area (Å²) in [6, 6.07) is 73.8. The van der Waals surface area contributed by atoms with Crippen molar-refractivity contribution in [1.29, 1.82) is 0 Å². The van der Waals surface area contributed by atoms with Gasteiger partial charge < -0.3 is 9.13 Å². The number of hydrogen-bond donors (Lipinski definition) is 0. The third-order valence-corrected chi connectivity index (χ3v) is 11.7. The van der Waals surface area contributed by atoms with E-state index in [1.807, 2.05) is 12.1 Å². The molecule has 0 unspecified atom stereocenters. The van der Waals surface area contributed by atoms with E-state index < -0.39 is 0 Å². The van der Waals surface area contributed by atoms with Crippen LogP contribution in [0.25, 0.3) is 110 Å². The number of rotatable bonds is 5. The van der Waals surface area contributed by atoms with Gasteiger partial charge in [0.2, 0.25) is 0 Å². The summed E-state index contributed by atoms with van der Waals surface area (Å²) >= 11 is 0. The summed E-state index contributed by atoms with van der Waals surface area (Å²) in [6.07, 6.45) is 0. The lowest BCUT2D eigenvalue weighted by molar-refractivity contribution is 1.17. The minimum Gasteiger partial charge on any atom is -0.309 e. The lowest BCUT2D eigenvalue weighted by atomic mass is 10.0. The molecule has 4 nitrogen and oxygen atoms in total. The second kappa shape index (κ2) is 12.9. The molecule has 0 spiro atoms. The van der Waals surface area contributed by atoms with Gasteiger partial charge in [0.25, 0.3) is 0 Å². The molecule has 3 heterocycles. The maximum Gasteiger partial charge on any atom is 0.161 e. The van der Waals surface area contributed by atoms with Crippen molar-refractivity contribution in [3.63, 3.8) is 0 Å². The highest BCUT2D eigenvalue weighted by Gasteiger charge is 2.20. The van der Waals surface area contributed by atoms with Crippen molar-refractivity contribution in [2.45, 2.75) is 0 Å². The Kier molecular flexibility index (Phi) is 7.20. The Morgan fingerprint density at radius 1 is 0.293 bits per heavy atom. The topological polar surface area (TPSA) is 35.6 Å². The highest BCUT2D eigenvalue weighted by atomic mass is 15.0. The SMILES string of the molecule is c1ccc(-c2cc(-c3ccccc3)nc(-c3cccc4cc(-n5c6ccccc6c6cc7c8ccccc8n(-c8ccc9ccccc9c8)c7cc65)ccc34)n2)cc1. The van der Waals surface area contributed by atoms with Crippen molar-refractivity contribution < 1.29 is 0 Å². The van der Waals surface area contributed by atoms with Crippen LogP contribution in [0.1, 0.15) is 0 Å². The smallest absolute Gasteiger partial charge is 0.161 e. The molecule has 0 amide bonds. The fourth-order valence-electron chi connectivity index (χ4n) is 8.99. The number of nitrogens with zero attached hydrogens (tertiary/aromatic N) is 4. The van der Waals surface area contributed by atoms with Crippen LogP contribution in [-0.4, -0.2) is 19.1 Å². The van der Waals surface area contributed by atoms with Gasteiger partial charge in [0, 0.05) is 49.6 Å². The summed E-state index contributed by atoms with van der Waals surface area (Å²) in [6.45, 7) is 0. The van der Waals surface area contributed by atoms with Crippen LogP contribution in [0.4, 0.5) is 0 Å². The number of para-hydroxylation sites is 2. The van der Waals surface area contributed by atoms with Crippen molar-refractivity contribution >= 4 is 65.2 Å². The number of fused-ring (bicyclic) bond motifs is 8. The first kappa shape index (κ1) is 32.4. The largest absolute Gasteiger partial charge is 0.309 e. The van der Waals surface area contributed by atoms with Gasteiger partial charge >= 0.3 is 0 Å². The van der Waals surface area contributed by atoms with Crippen LogP contribution in [0.2, 0.25) is 0 Å². The van der Waals surface area contributed by atoms with E-state index in [-0.39, 0.29) is 0 Å². The van der Waals surface area contributed by atoms with E-state index in [9.17, 15) is 0 Å². The Morgan fingerprint density at radius 3 is 1.45 bits per heavy atom. The Hall–Kier alpha value is -7.82. The van der Waals surface area contributed by atoms with Crippen LogP contribution in [0.3, 0.4) is 0 Å². The minimum absolute atomic E-state index is 0.708. The second-order valence-corrected chi connectivity index (χ2v) is 15.0. The average molecular weight is 739 g/mol. The zero-order chi connectivity index (χ0) is 38.2. The van der Waals surface area contributed by atoms with Gasteiger partial charge in [-0.05, 0) is 76.1 Å². The highest BCUT2D eigenvalue weighted by molar-refractivity contribution is 6.19. The third kappa shape index (κ3) is 5.09. The molecule has 9 aromatic carbocycles. The van der Waals surface area contributed by atoms with Gasteiger partial charge in [0.15, 0.2) is 5.82 Å². The van der Waals surface area contributed by atoms with Crippen LogP contribution in [0.5, 0.6) is 0 Å². The number of benzene rings is 9. The van der Waals surface area contributed by atoms with Gasteiger partial charge in [-0.15, -0.1) is 0 Å². The van der Waals surface area contributed by atoms with Crippen molar-refractivity contribution in [3.05, 3.63) is 206 Å². The summed E-state index contributed by atoms with van der Waals surface area (Å²) in [4.78, 5) is 10.4. The maximum absolute atomic E-state index is 5.18. The van der Waals surface area contributed by atoms with E-state index in [0.717, 1.165) is 50.2 Å². The molecular weight excluding hydrogens is 705 g/mol. The lowest BCUT2D eigenvalue weighted by Crippen LogP contribution is -1.98. The minimum atomic E-state index is 0.708. The first-order valence-electron chi connectivity index (χ1n) is 19.7. The molecule has 0 N–H and O–H groups in total. The van der Waals surface area contributed by atoms with Crippen molar-refractivity contribution in [3.8, 4) is 45.3 Å². The molecule has 3 aromatic heterocycles. The lowest BCUT2D eigenvalue weighted by Gasteiger charge is -2.13. The van der Waals surface area contributed by atoms with E-state index in [0.29, 0.717) is 5.82 Å². The van der Waals surface area contributed by atoms with E-state index in [4.69, 9.17) is 9.97 Å². The van der Waals surface area contributed by atoms with E-state index in [1.54, 1.807) is 0 Å². The normalized spacial score (nSPS) is 11.8. The van der Waals surface area contributed by atoms with Crippen LogP contribution in [0.15, 0.2) is 206 Å². The summed E-state index contributed by atoms with van der Waals surface area (Å²) in [7, 11) is 0. The standard InChI is InChI=1S/C54H34N4/c1-3-15-36(16-4-1)48-33-49(37-17-5-2-6-18-37)56-54(55-48)45-23-13-20-39-31-41(28-29-42(39)45)58-51-25-12-10-22-44(51)47-32-46-43-21-9-11-24-50(43)57(52(46)34-53(47)58)40-27-26-35-14-7-8-19-38(35)30-40/h1-34H. The van der Waals surface area contributed by atoms with Crippen LogP contribution < -0.4 is 0 Å². The molecule has 12 rings (SSSR count). The fraction of sp³-hybridized carbons (Fsp3) is 0. The van der Waals surface area contributed by atoms with E-state index in [2.05, 4.69) is 203 Å². The Morgan fingerprint density at radius 2 is 0.810 bits per heavy atom. The molecule has 0 bridgehead atoms.